The molecule has 3 rings (SSSR count). The van der Waals surface area contributed by atoms with Gasteiger partial charge in [-0.05, 0) is 69.2 Å². The van der Waals surface area contributed by atoms with Crippen LogP contribution in [0.3, 0.4) is 0 Å². The summed E-state index contributed by atoms with van der Waals surface area (Å²) in [6.07, 6.45) is 0. The van der Waals surface area contributed by atoms with Crippen LogP contribution in [0.5, 0.6) is 0 Å². The van der Waals surface area contributed by atoms with Crippen LogP contribution in [0.1, 0.15) is 22.3 Å². The summed E-state index contributed by atoms with van der Waals surface area (Å²) in [5, 5.41) is 0. The first kappa shape index (κ1) is 21.1. The molecule has 0 bridgehead atoms. The van der Waals surface area contributed by atoms with Gasteiger partial charge in [-0.1, -0.05) is 35.4 Å². The number of rotatable bonds is 4. The van der Waals surface area contributed by atoms with Gasteiger partial charge in [-0.15, -0.1) is 0 Å². The van der Waals surface area contributed by atoms with E-state index in [1.165, 1.54) is 24.3 Å². The summed E-state index contributed by atoms with van der Waals surface area (Å²) in [6.45, 7) is 7.16. The third kappa shape index (κ3) is 3.80. The van der Waals surface area contributed by atoms with Gasteiger partial charge in [0, 0.05) is 0 Å². The number of hydrogen-bond acceptors (Lipinski definition) is 5. The second kappa shape index (κ2) is 7.31. The number of nitrogens with two attached hydrogens (primary N) is 1. The van der Waals surface area contributed by atoms with Gasteiger partial charge < -0.3 is 5.73 Å². The van der Waals surface area contributed by atoms with Crippen LogP contribution in [-0.2, 0) is 19.7 Å². The smallest absolute Gasteiger partial charge is 0.208 e. The molecule has 0 saturated heterocycles. The summed E-state index contributed by atoms with van der Waals surface area (Å²) in [5.41, 5.74) is 9.00. The van der Waals surface area contributed by atoms with E-state index in [4.69, 9.17) is 5.73 Å². The molecule has 0 unspecified atom stereocenters. The van der Waals surface area contributed by atoms with Crippen LogP contribution in [0.4, 0.5) is 5.69 Å². The molecule has 3 aromatic rings. The van der Waals surface area contributed by atoms with Crippen LogP contribution < -0.4 is 5.73 Å². The summed E-state index contributed by atoms with van der Waals surface area (Å²) in [6, 6.07) is 13.8. The van der Waals surface area contributed by atoms with Gasteiger partial charge in [0.05, 0.1) is 25.3 Å². The van der Waals surface area contributed by atoms with Crippen molar-refractivity contribution in [2.75, 3.05) is 5.73 Å². The predicted octanol–water partition coefficient (Wildman–Crippen LogP) is 4.17. The van der Waals surface area contributed by atoms with Gasteiger partial charge in [-0.2, -0.15) is 0 Å². The maximum atomic E-state index is 13.2. The summed E-state index contributed by atoms with van der Waals surface area (Å²) in [5.74, 6) is 0. The Morgan fingerprint density at radius 1 is 0.586 bits per heavy atom. The molecule has 3 aromatic carbocycles. The Morgan fingerprint density at radius 2 is 1.07 bits per heavy atom. The van der Waals surface area contributed by atoms with Gasteiger partial charge in [0.25, 0.3) is 0 Å². The van der Waals surface area contributed by atoms with Crippen molar-refractivity contribution in [2.45, 2.75) is 47.3 Å². The second-order valence-electron chi connectivity index (χ2n) is 7.24. The molecule has 0 fully saturated rings. The third-order valence-electron chi connectivity index (χ3n) is 4.82. The first-order chi connectivity index (χ1) is 13.4. The largest absolute Gasteiger partial charge is 0.398 e. The van der Waals surface area contributed by atoms with E-state index in [9.17, 15) is 16.8 Å². The van der Waals surface area contributed by atoms with E-state index >= 15 is 0 Å². The highest BCUT2D eigenvalue weighted by molar-refractivity contribution is 7.92. The average molecular weight is 430 g/mol. The molecule has 0 aromatic heterocycles. The lowest BCUT2D eigenvalue weighted by Gasteiger charge is -2.13. The van der Waals surface area contributed by atoms with Crippen LogP contribution in [0.15, 0.2) is 74.2 Å². The Balaban J connectivity index is 2.20. The molecule has 0 spiro atoms. The highest BCUT2D eigenvalue weighted by Crippen LogP contribution is 2.33. The van der Waals surface area contributed by atoms with Crippen molar-refractivity contribution in [3.63, 3.8) is 0 Å². The van der Waals surface area contributed by atoms with Crippen molar-refractivity contribution in [2.24, 2.45) is 0 Å². The molecule has 0 aliphatic heterocycles. The molecular formula is C22H23NO4S2. The van der Waals surface area contributed by atoms with Crippen molar-refractivity contribution < 1.29 is 16.8 Å². The number of benzene rings is 3. The van der Waals surface area contributed by atoms with Gasteiger partial charge in [0.15, 0.2) is 0 Å². The maximum absolute atomic E-state index is 13.2. The zero-order valence-electron chi connectivity index (χ0n) is 16.7. The summed E-state index contributed by atoms with van der Waals surface area (Å²) < 4.78 is 52.8. The fraction of sp³-hybridized carbons (Fsp3) is 0.182. The standard InChI is InChI=1S/C22H23NO4S2/c1-14-5-9-20(16(3)11-14)28(24,25)18-7-8-19(23)22(13-18)29(26,27)21-10-6-15(2)12-17(21)4/h5-13H,23H2,1-4H3. The van der Waals surface area contributed by atoms with E-state index in [0.29, 0.717) is 11.1 Å². The summed E-state index contributed by atoms with van der Waals surface area (Å²) >= 11 is 0. The molecule has 0 amide bonds. The van der Waals surface area contributed by atoms with E-state index in [-0.39, 0.29) is 25.3 Å². The Morgan fingerprint density at radius 3 is 1.55 bits per heavy atom. The Labute approximate surface area is 172 Å². The van der Waals surface area contributed by atoms with Crippen LogP contribution >= 0.6 is 0 Å². The van der Waals surface area contributed by atoms with Crippen LogP contribution in [-0.4, -0.2) is 16.8 Å². The van der Waals surface area contributed by atoms with Gasteiger partial charge in [0.1, 0.15) is 0 Å². The molecule has 29 heavy (non-hydrogen) atoms. The Bertz CT molecular complexity index is 1320. The monoisotopic (exact) mass is 429 g/mol. The highest BCUT2D eigenvalue weighted by Gasteiger charge is 2.27. The number of anilines is 1. The van der Waals surface area contributed by atoms with E-state index < -0.39 is 19.7 Å². The highest BCUT2D eigenvalue weighted by atomic mass is 32.2. The van der Waals surface area contributed by atoms with Crippen molar-refractivity contribution >= 4 is 25.4 Å². The first-order valence-electron chi connectivity index (χ1n) is 8.99. The fourth-order valence-electron chi connectivity index (χ4n) is 3.36. The lowest BCUT2D eigenvalue weighted by atomic mass is 10.2. The molecule has 0 aliphatic rings. The molecule has 0 aliphatic carbocycles. The van der Waals surface area contributed by atoms with Crippen molar-refractivity contribution in [3.8, 4) is 0 Å². The van der Waals surface area contributed by atoms with Crippen molar-refractivity contribution in [3.05, 3.63) is 76.9 Å². The number of aryl methyl sites for hydroxylation is 4. The molecule has 5 nitrogen and oxygen atoms in total. The average Bonchev–Trinajstić information content (AvgIpc) is 2.61. The molecule has 7 heteroatoms. The van der Waals surface area contributed by atoms with E-state index in [1.807, 2.05) is 13.8 Å². The maximum Gasteiger partial charge on any atom is 0.208 e. The molecule has 0 atom stereocenters. The Hall–Kier alpha value is -2.64. The van der Waals surface area contributed by atoms with Gasteiger partial charge in [-0.3, -0.25) is 0 Å². The SMILES string of the molecule is Cc1ccc(S(=O)(=O)c2ccc(N)c(S(=O)(=O)c3ccc(C)cc3C)c2)c(C)c1. The van der Waals surface area contributed by atoms with E-state index in [0.717, 1.165) is 17.2 Å². The normalized spacial score (nSPS) is 12.1. The number of sulfone groups is 2. The number of hydrogen-bond donors (Lipinski definition) is 1. The molecule has 2 N–H and O–H groups in total. The minimum atomic E-state index is -3.99. The first-order valence-corrected chi connectivity index (χ1v) is 12.0. The fourth-order valence-corrected chi connectivity index (χ4v) is 6.57. The molecular weight excluding hydrogens is 406 g/mol. The summed E-state index contributed by atoms with van der Waals surface area (Å²) in [7, 11) is -7.89. The van der Waals surface area contributed by atoms with E-state index in [1.54, 1.807) is 38.1 Å². The lowest BCUT2D eigenvalue weighted by Crippen LogP contribution is -2.10. The van der Waals surface area contributed by atoms with Crippen LogP contribution in [0, 0.1) is 27.7 Å². The van der Waals surface area contributed by atoms with Gasteiger partial charge in [0.2, 0.25) is 19.7 Å². The van der Waals surface area contributed by atoms with Gasteiger partial charge >= 0.3 is 0 Å². The van der Waals surface area contributed by atoms with Crippen LogP contribution in [0.2, 0.25) is 0 Å². The quantitative estimate of drug-likeness (QED) is 0.628. The molecule has 152 valence electrons. The minimum Gasteiger partial charge on any atom is -0.398 e. The zero-order valence-corrected chi connectivity index (χ0v) is 18.4. The second-order valence-corrected chi connectivity index (χ2v) is 11.0. The number of nitrogen functional groups attached to an aromatic ring is 1. The molecule has 0 saturated carbocycles. The summed E-state index contributed by atoms with van der Waals surface area (Å²) in [4.78, 5) is -0.0733. The van der Waals surface area contributed by atoms with E-state index in [2.05, 4.69) is 0 Å². The molecule has 0 radical (unpaired) electrons. The zero-order chi connectivity index (χ0) is 21.6. The predicted molar refractivity (Wildman–Crippen MR) is 114 cm³/mol. The Kier molecular flexibility index (Phi) is 5.32. The molecule has 0 heterocycles. The topological polar surface area (TPSA) is 94.3 Å². The van der Waals surface area contributed by atoms with Crippen molar-refractivity contribution in [1.29, 1.82) is 0 Å². The third-order valence-corrected chi connectivity index (χ3v) is 8.71. The lowest BCUT2D eigenvalue weighted by molar-refractivity contribution is 0.594. The van der Waals surface area contributed by atoms with Gasteiger partial charge in [-0.25, -0.2) is 16.8 Å². The van der Waals surface area contributed by atoms with Crippen LogP contribution in [0.25, 0.3) is 0 Å². The van der Waals surface area contributed by atoms with Crippen molar-refractivity contribution in [1.82, 2.24) is 0 Å². The minimum absolute atomic E-state index is 0.00422.